The minimum Gasteiger partial charge on any atom is -0.490 e. The van der Waals surface area contributed by atoms with Gasteiger partial charge in [-0.3, -0.25) is 9.59 Å². The fourth-order valence-electron chi connectivity index (χ4n) is 2.16. The molecule has 102 valence electrons. The van der Waals surface area contributed by atoms with Gasteiger partial charge in [-0.25, -0.2) is 0 Å². The monoisotopic (exact) mass is 263 g/mol. The number of carboxylic acid groups (broad SMARTS) is 1. The molecule has 0 bridgehead atoms. The molecule has 5 heteroatoms. The van der Waals surface area contributed by atoms with Gasteiger partial charge in [-0.2, -0.15) is 0 Å². The molecule has 1 fully saturated rings. The SMILES string of the molecule is O=C(O)CC(=O)N1CCC(Oc2ccccc2)CC1. The van der Waals surface area contributed by atoms with Crippen LogP contribution in [0.5, 0.6) is 5.75 Å². The van der Waals surface area contributed by atoms with Gasteiger partial charge in [-0.05, 0) is 12.1 Å². The van der Waals surface area contributed by atoms with Gasteiger partial charge in [0.15, 0.2) is 0 Å². The fraction of sp³-hybridized carbons (Fsp3) is 0.429. The van der Waals surface area contributed by atoms with Crippen molar-refractivity contribution in [3.05, 3.63) is 30.3 Å². The third kappa shape index (κ3) is 3.98. The van der Waals surface area contributed by atoms with E-state index < -0.39 is 12.4 Å². The Balaban J connectivity index is 1.79. The van der Waals surface area contributed by atoms with Crippen molar-refractivity contribution in [1.29, 1.82) is 0 Å². The molecule has 1 aromatic rings. The number of amides is 1. The van der Waals surface area contributed by atoms with E-state index in [0.717, 1.165) is 18.6 Å². The first-order valence-corrected chi connectivity index (χ1v) is 6.36. The number of likely N-dealkylation sites (tertiary alicyclic amines) is 1. The molecule has 0 saturated carbocycles. The Morgan fingerprint density at radius 2 is 1.84 bits per heavy atom. The average molecular weight is 263 g/mol. The molecule has 2 rings (SSSR count). The Bertz CT molecular complexity index is 438. The van der Waals surface area contributed by atoms with Crippen molar-refractivity contribution in [2.75, 3.05) is 13.1 Å². The summed E-state index contributed by atoms with van der Waals surface area (Å²) in [5, 5.41) is 8.59. The second-order valence-corrected chi connectivity index (χ2v) is 4.58. The zero-order valence-electron chi connectivity index (χ0n) is 10.6. The van der Waals surface area contributed by atoms with Gasteiger partial charge < -0.3 is 14.7 Å². The highest BCUT2D eigenvalue weighted by atomic mass is 16.5. The molecule has 1 aromatic carbocycles. The van der Waals surface area contributed by atoms with Crippen molar-refractivity contribution in [2.45, 2.75) is 25.4 Å². The number of ether oxygens (including phenoxy) is 1. The molecule has 1 saturated heterocycles. The van der Waals surface area contributed by atoms with E-state index in [1.165, 1.54) is 0 Å². The number of aliphatic carboxylic acids is 1. The average Bonchev–Trinajstić information content (AvgIpc) is 2.40. The summed E-state index contributed by atoms with van der Waals surface area (Å²) < 4.78 is 5.81. The number of carbonyl (C=O) groups is 2. The first kappa shape index (κ1) is 13.4. The van der Waals surface area contributed by atoms with Crippen molar-refractivity contribution >= 4 is 11.9 Å². The minimum atomic E-state index is -1.08. The highest BCUT2D eigenvalue weighted by Gasteiger charge is 2.24. The second-order valence-electron chi connectivity index (χ2n) is 4.58. The highest BCUT2D eigenvalue weighted by molar-refractivity contribution is 5.93. The van der Waals surface area contributed by atoms with E-state index >= 15 is 0 Å². The van der Waals surface area contributed by atoms with E-state index in [1.807, 2.05) is 30.3 Å². The van der Waals surface area contributed by atoms with Gasteiger partial charge in [0, 0.05) is 25.9 Å². The summed E-state index contributed by atoms with van der Waals surface area (Å²) in [5.41, 5.74) is 0. The largest absolute Gasteiger partial charge is 0.490 e. The van der Waals surface area contributed by atoms with E-state index in [-0.39, 0.29) is 12.0 Å². The standard InChI is InChI=1S/C14H17NO4/c16-13(10-14(17)18)15-8-6-12(7-9-15)19-11-4-2-1-3-5-11/h1-5,12H,6-10H2,(H,17,18). The number of rotatable bonds is 4. The van der Waals surface area contributed by atoms with Crippen LogP contribution in [0.1, 0.15) is 19.3 Å². The van der Waals surface area contributed by atoms with Crippen LogP contribution >= 0.6 is 0 Å². The van der Waals surface area contributed by atoms with Gasteiger partial charge in [-0.1, -0.05) is 18.2 Å². The number of para-hydroxylation sites is 1. The molecule has 1 aliphatic rings. The molecular weight excluding hydrogens is 246 g/mol. The van der Waals surface area contributed by atoms with Crippen LogP contribution in [0.2, 0.25) is 0 Å². The smallest absolute Gasteiger partial charge is 0.312 e. The van der Waals surface area contributed by atoms with Crippen LogP contribution in [0.3, 0.4) is 0 Å². The first-order valence-electron chi connectivity index (χ1n) is 6.36. The Labute approximate surface area is 111 Å². The van der Waals surface area contributed by atoms with Gasteiger partial charge in [0.25, 0.3) is 0 Å². The summed E-state index contributed by atoms with van der Waals surface area (Å²) in [6, 6.07) is 9.58. The molecule has 0 unspecified atom stereocenters. The Kier molecular flexibility index (Phi) is 4.39. The predicted molar refractivity (Wildman–Crippen MR) is 68.9 cm³/mol. The van der Waals surface area contributed by atoms with Crippen LogP contribution in [-0.2, 0) is 9.59 Å². The Morgan fingerprint density at radius 1 is 1.21 bits per heavy atom. The molecule has 0 aromatic heterocycles. The van der Waals surface area contributed by atoms with Crippen LogP contribution in [0.15, 0.2) is 30.3 Å². The zero-order chi connectivity index (χ0) is 13.7. The summed E-state index contributed by atoms with van der Waals surface area (Å²) in [4.78, 5) is 23.7. The van der Waals surface area contributed by atoms with E-state index in [4.69, 9.17) is 9.84 Å². The summed E-state index contributed by atoms with van der Waals surface area (Å²) >= 11 is 0. The lowest BCUT2D eigenvalue weighted by Gasteiger charge is -2.32. The number of carbonyl (C=O) groups excluding carboxylic acids is 1. The van der Waals surface area contributed by atoms with E-state index in [9.17, 15) is 9.59 Å². The van der Waals surface area contributed by atoms with Crippen LogP contribution < -0.4 is 4.74 Å². The predicted octanol–water partition coefficient (Wildman–Crippen LogP) is 1.53. The van der Waals surface area contributed by atoms with Gasteiger partial charge in [0.05, 0.1) is 0 Å². The molecule has 1 heterocycles. The molecule has 19 heavy (non-hydrogen) atoms. The lowest BCUT2D eigenvalue weighted by Crippen LogP contribution is -2.42. The maximum Gasteiger partial charge on any atom is 0.312 e. The zero-order valence-corrected chi connectivity index (χ0v) is 10.6. The summed E-state index contributed by atoms with van der Waals surface area (Å²) in [7, 11) is 0. The van der Waals surface area contributed by atoms with Crippen LogP contribution in [0.4, 0.5) is 0 Å². The number of hydrogen-bond acceptors (Lipinski definition) is 3. The molecule has 0 spiro atoms. The maximum absolute atomic E-state index is 11.6. The number of carboxylic acids is 1. The van der Waals surface area contributed by atoms with E-state index in [0.29, 0.717) is 13.1 Å². The molecular formula is C14H17NO4. The quantitative estimate of drug-likeness (QED) is 0.837. The Hall–Kier alpha value is -2.04. The maximum atomic E-state index is 11.6. The van der Waals surface area contributed by atoms with Crippen molar-refractivity contribution in [1.82, 2.24) is 4.90 Å². The molecule has 1 N–H and O–H groups in total. The fourth-order valence-corrected chi connectivity index (χ4v) is 2.16. The van der Waals surface area contributed by atoms with Crippen molar-refractivity contribution in [2.24, 2.45) is 0 Å². The number of benzene rings is 1. The number of nitrogens with zero attached hydrogens (tertiary/aromatic N) is 1. The molecule has 0 aliphatic carbocycles. The van der Waals surface area contributed by atoms with Crippen LogP contribution in [0, 0.1) is 0 Å². The van der Waals surface area contributed by atoms with Crippen molar-refractivity contribution in [3.63, 3.8) is 0 Å². The van der Waals surface area contributed by atoms with E-state index in [1.54, 1.807) is 4.90 Å². The van der Waals surface area contributed by atoms with Crippen molar-refractivity contribution in [3.8, 4) is 5.75 Å². The van der Waals surface area contributed by atoms with Crippen LogP contribution in [0.25, 0.3) is 0 Å². The van der Waals surface area contributed by atoms with Gasteiger partial charge in [-0.15, -0.1) is 0 Å². The topological polar surface area (TPSA) is 66.8 Å². The number of piperidine rings is 1. The summed E-state index contributed by atoms with van der Waals surface area (Å²) in [6.45, 7) is 1.12. The third-order valence-electron chi connectivity index (χ3n) is 3.14. The molecule has 5 nitrogen and oxygen atoms in total. The van der Waals surface area contributed by atoms with Crippen LogP contribution in [-0.4, -0.2) is 41.1 Å². The van der Waals surface area contributed by atoms with Gasteiger partial charge in [0.2, 0.25) is 5.91 Å². The lowest BCUT2D eigenvalue weighted by atomic mass is 10.1. The lowest BCUT2D eigenvalue weighted by molar-refractivity contribution is -0.145. The molecule has 0 radical (unpaired) electrons. The molecule has 1 aliphatic heterocycles. The first-order chi connectivity index (χ1) is 9.15. The normalized spacial score (nSPS) is 16.1. The number of hydrogen-bond donors (Lipinski definition) is 1. The Morgan fingerprint density at radius 3 is 2.42 bits per heavy atom. The summed E-state index contributed by atoms with van der Waals surface area (Å²) in [6.07, 6.45) is 1.14. The van der Waals surface area contributed by atoms with Gasteiger partial charge >= 0.3 is 5.97 Å². The second kappa shape index (κ2) is 6.22. The summed E-state index contributed by atoms with van der Waals surface area (Å²) in [5.74, 6) is -0.559. The molecule has 1 amide bonds. The minimum absolute atomic E-state index is 0.0938. The van der Waals surface area contributed by atoms with Gasteiger partial charge in [0.1, 0.15) is 18.3 Å². The van der Waals surface area contributed by atoms with E-state index in [2.05, 4.69) is 0 Å². The third-order valence-corrected chi connectivity index (χ3v) is 3.14. The highest BCUT2D eigenvalue weighted by Crippen LogP contribution is 2.18. The van der Waals surface area contributed by atoms with Crippen molar-refractivity contribution < 1.29 is 19.4 Å². The molecule has 0 atom stereocenters.